The predicted octanol–water partition coefficient (Wildman–Crippen LogP) is 3.99. The zero-order chi connectivity index (χ0) is 14.7. The molecule has 2 aromatic carbocycles. The molecule has 3 nitrogen and oxygen atoms in total. The second-order valence-corrected chi connectivity index (χ2v) is 5.26. The molecule has 5 heteroatoms. The summed E-state index contributed by atoms with van der Waals surface area (Å²) >= 11 is 3.39. The number of carbonyl (C=O) groups is 1. The number of nitrogen functional groups attached to an aromatic ring is 1. The quantitative estimate of drug-likeness (QED) is 0.832. The van der Waals surface area contributed by atoms with Crippen molar-refractivity contribution in [2.45, 2.75) is 13.3 Å². The van der Waals surface area contributed by atoms with Gasteiger partial charge in [-0.25, -0.2) is 4.39 Å². The molecule has 3 N–H and O–H groups in total. The van der Waals surface area contributed by atoms with Crippen LogP contribution in [0.3, 0.4) is 0 Å². The predicted molar refractivity (Wildman–Crippen MR) is 82.3 cm³/mol. The molecule has 2 rings (SSSR count). The van der Waals surface area contributed by atoms with Crippen LogP contribution in [0.5, 0.6) is 0 Å². The van der Waals surface area contributed by atoms with E-state index >= 15 is 0 Å². The summed E-state index contributed by atoms with van der Waals surface area (Å²) in [7, 11) is 0. The van der Waals surface area contributed by atoms with Crippen LogP contribution in [0, 0.1) is 5.82 Å². The summed E-state index contributed by atoms with van der Waals surface area (Å²) in [5.74, 6) is -0.954. The number of amides is 1. The number of anilines is 2. The fourth-order valence-electron chi connectivity index (χ4n) is 1.84. The standard InChI is InChI=1S/C15H14BrFN2O/c1-2-9-7-11(16)4-6-14(9)19-15(20)10-3-5-13(18)12(17)8-10/h3-8H,2,18H2,1H3,(H,19,20). The number of carbonyl (C=O) groups excluding carboxylic acids is 1. The second-order valence-electron chi connectivity index (χ2n) is 4.35. The first-order valence-electron chi connectivity index (χ1n) is 6.16. The summed E-state index contributed by atoms with van der Waals surface area (Å²) in [5.41, 5.74) is 7.38. The molecule has 20 heavy (non-hydrogen) atoms. The van der Waals surface area contributed by atoms with Gasteiger partial charge in [0.2, 0.25) is 0 Å². The molecule has 0 unspecified atom stereocenters. The number of nitrogens with two attached hydrogens (primary N) is 1. The number of rotatable bonds is 3. The molecule has 2 aromatic rings. The minimum atomic E-state index is -0.593. The molecule has 0 heterocycles. The molecule has 0 spiro atoms. The third-order valence-corrected chi connectivity index (χ3v) is 3.45. The third-order valence-electron chi connectivity index (χ3n) is 2.96. The van der Waals surface area contributed by atoms with Crippen LogP contribution < -0.4 is 11.1 Å². The molecule has 104 valence electrons. The first-order chi connectivity index (χ1) is 9.51. The molecule has 0 saturated heterocycles. The van der Waals surface area contributed by atoms with E-state index in [9.17, 15) is 9.18 Å². The lowest BCUT2D eigenvalue weighted by Gasteiger charge is -2.10. The Labute approximate surface area is 125 Å². The van der Waals surface area contributed by atoms with Gasteiger partial charge < -0.3 is 11.1 Å². The molecule has 0 aliphatic heterocycles. The zero-order valence-electron chi connectivity index (χ0n) is 10.9. The van der Waals surface area contributed by atoms with Gasteiger partial charge in [-0.05, 0) is 48.4 Å². The van der Waals surface area contributed by atoms with Crippen molar-refractivity contribution in [2.75, 3.05) is 11.1 Å². The first kappa shape index (κ1) is 14.5. The molecule has 0 saturated carbocycles. The lowest BCUT2D eigenvalue weighted by Crippen LogP contribution is -2.13. The van der Waals surface area contributed by atoms with Gasteiger partial charge >= 0.3 is 0 Å². The molecule has 0 aliphatic rings. The lowest BCUT2D eigenvalue weighted by molar-refractivity contribution is 0.102. The Kier molecular flexibility index (Phi) is 4.39. The molecule has 1 amide bonds. The number of hydrogen-bond donors (Lipinski definition) is 2. The molecule has 0 bridgehead atoms. The van der Waals surface area contributed by atoms with E-state index in [1.54, 1.807) is 0 Å². The van der Waals surface area contributed by atoms with Crippen LogP contribution in [0.25, 0.3) is 0 Å². The van der Waals surface area contributed by atoms with Gasteiger partial charge in [0.1, 0.15) is 5.82 Å². The highest BCUT2D eigenvalue weighted by Crippen LogP contribution is 2.22. The van der Waals surface area contributed by atoms with Crippen LogP contribution in [0.4, 0.5) is 15.8 Å². The van der Waals surface area contributed by atoms with E-state index in [-0.39, 0.29) is 17.2 Å². The Balaban J connectivity index is 2.25. The average molecular weight is 337 g/mol. The van der Waals surface area contributed by atoms with Crippen molar-refractivity contribution in [1.29, 1.82) is 0 Å². The molecule has 0 radical (unpaired) electrons. The number of aryl methyl sites for hydroxylation is 1. The van der Waals surface area contributed by atoms with E-state index < -0.39 is 5.82 Å². The Morgan fingerprint density at radius 3 is 2.70 bits per heavy atom. The Bertz CT molecular complexity index is 658. The van der Waals surface area contributed by atoms with E-state index in [0.29, 0.717) is 0 Å². The first-order valence-corrected chi connectivity index (χ1v) is 6.95. The van der Waals surface area contributed by atoms with Crippen molar-refractivity contribution < 1.29 is 9.18 Å². The highest BCUT2D eigenvalue weighted by atomic mass is 79.9. The second kappa shape index (κ2) is 6.05. The monoisotopic (exact) mass is 336 g/mol. The molecular formula is C15H14BrFN2O. The maximum Gasteiger partial charge on any atom is 0.255 e. The summed E-state index contributed by atoms with van der Waals surface area (Å²) in [5, 5.41) is 2.78. The van der Waals surface area contributed by atoms with Crippen LogP contribution in [-0.2, 0) is 6.42 Å². The largest absolute Gasteiger partial charge is 0.396 e. The number of hydrogen-bond acceptors (Lipinski definition) is 2. The van der Waals surface area contributed by atoms with Gasteiger partial charge in [0.05, 0.1) is 5.69 Å². The van der Waals surface area contributed by atoms with E-state index in [2.05, 4.69) is 21.2 Å². The van der Waals surface area contributed by atoms with Crippen molar-refractivity contribution in [2.24, 2.45) is 0 Å². The zero-order valence-corrected chi connectivity index (χ0v) is 12.5. The Hall–Kier alpha value is -1.88. The minimum absolute atomic E-state index is 0.0273. The average Bonchev–Trinajstić information content (AvgIpc) is 2.43. The summed E-state index contributed by atoms with van der Waals surface area (Å²) < 4.78 is 14.3. The van der Waals surface area contributed by atoms with Crippen LogP contribution in [0.1, 0.15) is 22.8 Å². The molecule has 0 fully saturated rings. The fraction of sp³-hybridized carbons (Fsp3) is 0.133. The van der Waals surface area contributed by atoms with Crippen LogP contribution >= 0.6 is 15.9 Å². The van der Waals surface area contributed by atoms with Crippen LogP contribution in [0.2, 0.25) is 0 Å². The van der Waals surface area contributed by atoms with Crippen molar-refractivity contribution in [1.82, 2.24) is 0 Å². The van der Waals surface area contributed by atoms with Gasteiger partial charge in [-0.1, -0.05) is 22.9 Å². The molecule has 0 atom stereocenters. The summed E-state index contributed by atoms with van der Waals surface area (Å²) in [6.45, 7) is 2.00. The lowest BCUT2D eigenvalue weighted by atomic mass is 10.1. The minimum Gasteiger partial charge on any atom is -0.396 e. The molecular weight excluding hydrogens is 323 g/mol. The van der Waals surface area contributed by atoms with E-state index in [1.165, 1.54) is 12.1 Å². The fourth-order valence-corrected chi connectivity index (χ4v) is 2.25. The summed E-state index contributed by atoms with van der Waals surface area (Å²) in [4.78, 5) is 12.1. The van der Waals surface area contributed by atoms with E-state index in [4.69, 9.17) is 5.73 Å². The van der Waals surface area contributed by atoms with Crippen molar-refractivity contribution in [3.8, 4) is 0 Å². The van der Waals surface area contributed by atoms with E-state index in [0.717, 1.165) is 28.2 Å². The Morgan fingerprint density at radius 1 is 1.30 bits per heavy atom. The van der Waals surface area contributed by atoms with Crippen molar-refractivity contribution in [3.63, 3.8) is 0 Å². The number of nitrogens with one attached hydrogen (secondary N) is 1. The normalized spacial score (nSPS) is 10.3. The van der Waals surface area contributed by atoms with Gasteiger partial charge in [0.25, 0.3) is 5.91 Å². The Morgan fingerprint density at radius 2 is 2.05 bits per heavy atom. The van der Waals surface area contributed by atoms with Gasteiger partial charge in [-0.15, -0.1) is 0 Å². The molecule has 0 aromatic heterocycles. The third kappa shape index (κ3) is 3.17. The highest BCUT2D eigenvalue weighted by molar-refractivity contribution is 9.10. The van der Waals surface area contributed by atoms with Crippen molar-refractivity contribution in [3.05, 3.63) is 57.8 Å². The SMILES string of the molecule is CCc1cc(Br)ccc1NC(=O)c1ccc(N)c(F)c1. The number of benzene rings is 2. The summed E-state index contributed by atoms with van der Waals surface area (Å²) in [6, 6.07) is 9.62. The van der Waals surface area contributed by atoms with Gasteiger partial charge in [-0.3, -0.25) is 4.79 Å². The van der Waals surface area contributed by atoms with Gasteiger partial charge in [0, 0.05) is 15.7 Å². The van der Waals surface area contributed by atoms with Gasteiger partial charge in [-0.2, -0.15) is 0 Å². The topological polar surface area (TPSA) is 55.1 Å². The van der Waals surface area contributed by atoms with Crippen LogP contribution in [-0.4, -0.2) is 5.91 Å². The van der Waals surface area contributed by atoms with Crippen LogP contribution in [0.15, 0.2) is 40.9 Å². The number of halogens is 2. The van der Waals surface area contributed by atoms with Gasteiger partial charge in [0.15, 0.2) is 0 Å². The van der Waals surface area contributed by atoms with E-state index in [1.807, 2.05) is 25.1 Å². The maximum absolute atomic E-state index is 13.4. The smallest absolute Gasteiger partial charge is 0.255 e. The molecule has 0 aliphatic carbocycles. The highest BCUT2D eigenvalue weighted by Gasteiger charge is 2.11. The maximum atomic E-state index is 13.4. The summed E-state index contributed by atoms with van der Waals surface area (Å²) in [6.07, 6.45) is 0.783. The van der Waals surface area contributed by atoms with Crippen molar-refractivity contribution >= 4 is 33.2 Å².